The topological polar surface area (TPSA) is 66.4 Å². The van der Waals surface area contributed by atoms with Crippen molar-refractivity contribution in [3.8, 4) is 12.3 Å². The Labute approximate surface area is 92.8 Å². The predicted octanol–water partition coefficient (Wildman–Crippen LogP) is 0.476. The second kappa shape index (κ2) is 5.08. The predicted molar refractivity (Wildman–Crippen MR) is 58.5 cm³/mol. The zero-order chi connectivity index (χ0) is 11.3. The Bertz CT molecular complexity index is 302. The van der Waals surface area contributed by atoms with Gasteiger partial charge in [-0.3, -0.25) is 4.79 Å². The average molecular weight is 227 g/mol. The third-order valence-electron chi connectivity index (χ3n) is 2.31. The number of carboxylic acids is 1. The van der Waals surface area contributed by atoms with Gasteiger partial charge in [0.2, 0.25) is 5.91 Å². The molecule has 0 bridgehead atoms. The van der Waals surface area contributed by atoms with Crippen molar-refractivity contribution in [1.82, 2.24) is 5.32 Å². The molecule has 0 saturated carbocycles. The molecule has 2 N–H and O–H groups in total. The third-order valence-corrected chi connectivity index (χ3v) is 3.50. The van der Waals surface area contributed by atoms with Gasteiger partial charge in [-0.15, -0.1) is 12.3 Å². The Kier molecular flexibility index (Phi) is 4.04. The van der Waals surface area contributed by atoms with Crippen molar-refractivity contribution in [3.05, 3.63) is 0 Å². The fraction of sp³-hybridized carbons (Fsp3) is 0.600. The number of aliphatic carboxylic acids is 1. The van der Waals surface area contributed by atoms with Crippen LogP contribution >= 0.6 is 11.8 Å². The number of thioether (sulfide) groups is 1. The van der Waals surface area contributed by atoms with Gasteiger partial charge in [-0.2, -0.15) is 11.8 Å². The summed E-state index contributed by atoms with van der Waals surface area (Å²) in [6.45, 7) is 0. The van der Waals surface area contributed by atoms with E-state index in [1.54, 1.807) is 0 Å². The number of terminal acetylenes is 1. The quantitative estimate of drug-likeness (QED) is 0.685. The highest BCUT2D eigenvalue weighted by Gasteiger charge is 2.42. The van der Waals surface area contributed by atoms with E-state index in [-0.39, 0.29) is 12.3 Å². The Morgan fingerprint density at radius 3 is 2.80 bits per heavy atom. The van der Waals surface area contributed by atoms with Gasteiger partial charge in [-0.1, -0.05) is 0 Å². The van der Waals surface area contributed by atoms with Gasteiger partial charge in [-0.05, 0) is 12.2 Å². The van der Waals surface area contributed by atoms with Crippen LogP contribution in [-0.4, -0.2) is 34.0 Å². The van der Waals surface area contributed by atoms with Crippen LogP contribution in [0.15, 0.2) is 0 Å². The zero-order valence-corrected chi connectivity index (χ0v) is 9.10. The number of hydrogen-bond donors (Lipinski definition) is 2. The van der Waals surface area contributed by atoms with Gasteiger partial charge in [0.1, 0.15) is 5.54 Å². The lowest BCUT2D eigenvalue weighted by molar-refractivity contribution is -0.146. The van der Waals surface area contributed by atoms with E-state index >= 15 is 0 Å². The van der Waals surface area contributed by atoms with Gasteiger partial charge in [0.25, 0.3) is 0 Å². The Morgan fingerprint density at radius 2 is 2.33 bits per heavy atom. The average Bonchev–Trinajstić information content (AvgIpc) is 2.64. The van der Waals surface area contributed by atoms with Gasteiger partial charge in [0.15, 0.2) is 0 Å². The Morgan fingerprint density at radius 1 is 1.60 bits per heavy atom. The lowest BCUT2D eigenvalue weighted by Crippen LogP contribution is -2.54. The summed E-state index contributed by atoms with van der Waals surface area (Å²) in [4.78, 5) is 22.5. The van der Waals surface area contributed by atoms with Crippen molar-refractivity contribution in [1.29, 1.82) is 0 Å². The summed E-state index contributed by atoms with van der Waals surface area (Å²) in [6.07, 6.45) is 6.04. The molecule has 1 unspecified atom stereocenters. The van der Waals surface area contributed by atoms with Crippen molar-refractivity contribution >= 4 is 23.6 Å². The number of carboxylic acid groups (broad SMARTS) is 1. The lowest BCUT2D eigenvalue weighted by atomic mass is 9.99. The standard InChI is InChI=1S/C10H13NO3S/c1-2-3-4-8(12)11-10(9(13)14)5-6-15-7-10/h1H,3-7H2,(H,11,12)(H,13,14). The molecule has 5 heteroatoms. The molecule has 1 heterocycles. The van der Waals surface area contributed by atoms with E-state index in [4.69, 9.17) is 11.5 Å². The molecule has 1 rings (SSSR count). The summed E-state index contributed by atoms with van der Waals surface area (Å²) in [6, 6.07) is 0. The van der Waals surface area contributed by atoms with Crippen LogP contribution in [0.5, 0.6) is 0 Å². The van der Waals surface area contributed by atoms with Crippen LogP contribution in [0.2, 0.25) is 0 Å². The number of hydrogen-bond acceptors (Lipinski definition) is 3. The fourth-order valence-electron chi connectivity index (χ4n) is 1.40. The zero-order valence-electron chi connectivity index (χ0n) is 8.28. The van der Waals surface area contributed by atoms with Crippen LogP contribution in [0.25, 0.3) is 0 Å². The van der Waals surface area contributed by atoms with E-state index in [2.05, 4.69) is 11.2 Å². The maximum absolute atomic E-state index is 11.4. The summed E-state index contributed by atoms with van der Waals surface area (Å²) in [5.74, 6) is 2.32. The minimum atomic E-state index is -1.07. The summed E-state index contributed by atoms with van der Waals surface area (Å²) in [7, 11) is 0. The molecule has 1 fully saturated rings. The van der Waals surface area contributed by atoms with E-state index in [9.17, 15) is 9.59 Å². The molecular formula is C10H13NO3S. The molecule has 0 radical (unpaired) electrons. The number of nitrogens with one attached hydrogen (secondary N) is 1. The minimum Gasteiger partial charge on any atom is -0.479 e. The highest BCUT2D eigenvalue weighted by atomic mass is 32.2. The van der Waals surface area contributed by atoms with Crippen LogP contribution in [0.3, 0.4) is 0 Å². The first-order valence-corrected chi connectivity index (χ1v) is 5.82. The fourth-order valence-corrected chi connectivity index (χ4v) is 2.73. The van der Waals surface area contributed by atoms with Crippen LogP contribution in [-0.2, 0) is 9.59 Å². The van der Waals surface area contributed by atoms with Gasteiger partial charge < -0.3 is 10.4 Å². The molecule has 1 atom stereocenters. The maximum Gasteiger partial charge on any atom is 0.330 e. The van der Waals surface area contributed by atoms with Crippen molar-refractivity contribution in [2.45, 2.75) is 24.8 Å². The van der Waals surface area contributed by atoms with Gasteiger partial charge in [0.05, 0.1) is 0 Å². The monoisotopic (exact) mass is 227 g/mol. The molecule has 15 heavy (non-hydrogen) atoms. The first-order chi connectivity index (χ1) is 7.10. The summed E-state index contributed by atoms with van der Waals surface area (Å²) in [5.41, 5.74) is -1.07. The third kappa shape index (κ3) is 2.90. The van der Waals surface area contributed by atoms with Crippen LogP contribution in [0.4, 0.5) is 0 Å². The number of rotatable bonds is 4. The smallest absolute Gasteiger partial charge is 0.330 e. The molecule has 0 spiro atoms. The molecule has 1 aliphatic heterocycles. The van der Waals surface area contributed by atoms with E-state index in [0.717, 1.165) is 5.75 Å². The van der Waals surface area contributed by atoms with Gasteiger partial charge >= 0.3 is 5.97 Å². The highest BCUT2D eigenvalue weighted by Crippen LogP contribution is 2.28. The van der Waals surface area contributed by atoms with E-state index in [1.807, 2.05) is 0 Å². The van der Waals surface area contributed by atoms with E-state index in [1.165, 1.54) is 11.8 Å². The van der Waals surface area contributed by atoms with E-state index in [0.29, 0.717) is 18.6 Å². The van der Waals surface area contributed by atoms with Crippen LogP contribution < -0.4 is 5.32 Å². The number of carbonyl (C=O) groups excluding carboxylic acids is 1. The second-order valence-electron chi connectivity index (χ2n) is 3.44. The lowest BCUT2D eigenvalue weighted by Gasteiger charge is -2.24. The minimum absolute atomic E-state index is 0.191. The molecule has 0 aliphatic carbocycles. The molecule has 0 aromatic heterocycles. The molecule has 1 saturated heterocycles. The van der Waals surface area contributed by atoms with E-state index < -0.39 is 11.5 Å². The van der Waals surface area contributed by atoms with Crippen molar-refractivity contribution in [3.63, 3.8) is 0 Å². The molecule has 0 aromatic rings. The molecule has 0 aromatic carbocycles. The molecule has 82 valence electrons. The van der Waals surface area contributed by atoms with Gasteiger partial charge in [-0.25, -0.2) is 4.79 Å². The van der Waals surface area contributed by atoms with Gasteiger partial charge in [0, 0.05) is 18.6 Å². The molecule has 1 amide bonds. The Balaban J connectivity index is 2.56. The first kappa shape index (κ1) is 11.9. The summed E-state index contributed by atoms with van der Waals surface area (Å²) < 4.78 is 0. The van der Waals surface area contributed by atoms with Crippen molar-refractivity contribution in [2.75, 3.05) is 11.5 Å². The van der Waals surface area contributed by atoms with Crippen LogP contribution in [0, 0.1) is 12.3 Å². The normalized spacial score (nSPS) is 24.5. The van der Waals surface area contributed by atoms with Crippen LogP contribution in [0.1, 0.15) is 19.3 Å². The SMILES string of the molecule is C#CCCC(=O)NC1(C(=O)O)CCSC1. The maximum atomic E-state index is 11.4. The highest BCUT2D eigenvalue weighted by molar-refractivity contribution is 7.99. The summed E-state index contributed by atoms with van der Waals surface area (Å²) >= 11 is 1.54. The molecule has 1 aliphatic rings. The number of amides is 1. The first-order valence-electron chi connectivity index (χ1n) is 4.66. The Hall–Kier alpha value is -1.15. The summed E-state index contributed by atoms with van der Waals surface area (Å²) in [5, 5.41) is 11.6. The molecule has 4 nitrogen and oxygen atoms in total. The van der Waals surface area contributed by atoms with Crippen molar-refractivity contribution < 1.29 is 14.7 Å². The van der Waals surface area contributed by atoms with Crippen molar-refractivity contribution in [2.24, 2.45) is 0 Å². The largest absolute Gasteiger partial charge is 0.479 e. The molecular weight excluding hydrogens is 214 g/mol. The second-order valence-corrected chi connectivity index (χ2v) is 4.55. The number of carbonyl (C=O) groups is 2.